The molecule has 2 rings (SSSR count). The van der Waals surface area contributed by atoms with Gasteiger partial charge in [-0.25, -0.2) is 4.98 Å². The van der Waals surface area contributed by atoms with E-state index in [0.29, 0.717) is 0 Å². The van der Waals surface area contributed by atoms with E-state index in [4.69, 9.17) is 4.42 Å². The van der Waals surface area contributed by atoms with Gasteiger partial charge in [-0.15, -0.1) is 0 Å². The lowest BCUT2D eigenvalue weighted by atomic mass is 10.1. The van der Waals surface area contributed by atoms with Crippen LogP contribution in [0.4, 0.5) is 0 Å². The number of rotatable bonds is 4. The molecule has 3 heteroatoms. The SMILES string of the molecule is Cc1cccc(CCc2ocnc2CBr)c1. The van der Waals surface area contributed by atoms with Gasteiger partial charge >= 0.3 is 0 Å². The first-order chi connectivity index (χ1) is 7.79. The van der Waals surface area contributed by atoms with Crippen LogP contribution in [0.25, 0.3) is 0 Å². The Bertz CT molecular complexity index is 464. The van der Waals surface area contributed by atoms with Crippen molar-refractivity contribution in [1.82, 2.24) is 4.98 Å². The predicted molar refractivity (Wildman–Crippen MR) is 67.7 cm³/mol. The van der Waals surface area contributed by atoms with Crippen molar-refractivity contribution in [1.29, 1.82) is 0 Å². The summed E-state index contributed by atoms with van der Waals surface area (Å²) in [4.78, 5) is 4.15. The number of nitrogens with zero attached hydrogens (tertiary/aromatic N) is 1. The molecule has 2 nitrogen and oxygen atoms in total. The minimum Gasteiger partial charge on any atom is -0.448 e. The number of aromatic nitrogens is 1. The molecule has 84 valence electrons. The summed E-state index contributed by atoms with van der Waals surface area (Å²) in [5.41, 5.74) is 3.65. The summed E-state index contributed by atoms with van der Waals surface area (Å²) in [6.07, 6.45) is 3.42. The highest BCUT2D eigenvalue weighted by Crippen LogP contribution is 2.14. The molecule has 16 heavy (non-hydrogen) atoms. The van der Waals surface area contributed by atoms with Crippen LogP contribution in [-0.4, -0.2) is 4.98 Å². The number of aryl methyl sites for hydroxylation is 3. The van der Waals surface area contributed by atoms with Gasteiger partial charge in [-0.2, -0.15) is 0 Å². The lowest BCUT2D eigenvalue weighted by Crippen LogP contribution is -1.93. The van der Waals surface area contributed by atoms with Crippen LogP contribution in [0.5, 0.6) is 0 Å². The maximum atomic E-state index is 5.37. The molecule has 0 atom stereocenters. The van der Waals surface area contributed by atoms with Crippen LogP contribution in [0, 0.1) is 6.92 Å². The van der Waals surface area contributed by atoms with Crippen molar-refractivity contribution in [3.8, 4) is 0 Å². The van der Waals surface area contributed by atoms with E-state index in [1.54, 1.807) is 0 Å². The molecule has 2 aromatic rings. The summed E-state index contributed by atoms with van der Waals surface area (Å²) in [6, 6.07) is 8.57. The molecule has 0 saturated heterocycles. The molecule has 0 radical (unpaired) electrons. The van der Waals surface area contributed by atoms with E-state index in [0.717, 1.165) is 29.6 Å². The summed E-state index contributed by atoms with van der Waals surface area (Å²) < 4.78 is 5.37. The Morgan fingerprint density at radius 1 is 1.31 bits per heavy atom. The third kappa shape index (κ3) is 2.73. The van der Waals surface area contributed by atoms with E-state index in [1.807, 2.05) is 0 Å². The molecule has 0 saturated carbocycles. The van der Waals surface area contributed by atoms with Gasteiger partial charge in [0.25, 0.3) is 0 Å². The molecule has 0 amide bonds. The molecule has 0 aliphatic rings. The normalized spacial score (nSPS) is 10.6. The molecular weight excluding hydrogens is 266 g/mol. The van der Waals surface area contributed by atoms with Crippen LogP contribution in [-0.2, 0) is 18.2 Å². The second kappa shape index (κ2) is 5.30. The molecule has 0 aliphatic heterocycles. The van der Waals surface area contributed by atoms with E-state index in [9.17, 15) is 0 Å². The van der Waals surface area contributed by atoms with Crippen molar-refractivity contribution in [2.24, 2.45) is 0 Å². The maximum Gasteiger partial charge on any atom is 0.181 e. The molecule has 1 aromatic carbocycles. The van der Waals surface area contributed by atoms with Crippen molar-refractivity contribution >= 4 is 15.9 Å². The second-order valence-corrected chi connectivity index (χ2v) is 4.41. The predicted octanol–water partition coefficient (Wildman–Crippen LogP) is 3.66. The smallest absolute Gasteiger partial charge is 0.181 e. The molecule has 0 N–H and O–H groups in total. The fraction of sp³-hybridized carbons (Fsp3) is 0.308. The summed E-state index contributed by atoms with van der Waals surface area (Å²) in [6.45, 7) is 2.11. The van der Waals surface area contributed by atoms with Gasteiger partial charge in [-0.3, -0.25) is 0 Å². The van der Waals surface area contributed by atoms with Gasteiger partial charge < -0.3 is 4.42 Å². The van der Waals surface area contributed by atoms with Crippen LogP contribution in [0.3, 0.4) is 0 Å². The zero-order valence-electron chi connectivity index (χ0n) is 9.24. The van der Waals surface area contributed by atoms with Crippen molar-refractivity contribution in [3.05, 3.63) is 53.2 Å². The van der Waals surface area contributed by atoms with Crippen LogP contribution >= 0.6 is 15.9 Å². The van der Waals surface area contributed by atoms with Gasteiger partial charge in [0, 0.05) is 11.8 Å². The van der Waals surface area contributed by atoms with E-state index in [1.165, 1.54) is 17.5 Å². The molecule has 0 spiro atoms. The van der Waals surface area contributed by atoms with Crippen LogP contribution in [0.2, 0.25) is 0 Å². The fourth-order valence-electron chi connectivity index (χ4n) is 1.73. The van der Waals surface area contributed by atoms with Gasteiger partial charge in [0.15, 0.2) is 6.39 Å². The average Bonchev–Trinajstić information content (AvgIpc) is 2.74. The Balaban J connectivity index is 2.02. The average molecular weight is 280 g/mol. The van der Waals surface area contributed by atoms with Gasteiger partial charge in [0.2, 0.25) is 0 Å². The minimum absolute atomic E-state index is 0.757. The summed E-state index contributed by atoms with van der Waals surface area (Å²) in [7, 11) is 0. The van der Waals surface area contributed by atoms with Gasteiger partial charge in [-0.1, -0.05) is 45.8 Å². The topological polar surface area (TPSA) is 26.0 Å². The largest absolute Gasteiger partial charge is 0.448 e. The Morgan fingerprint density at radius 3 is 2.94 bits per heavy atom. The monoisotopic (exact) mass is 279 g/mol. The zero-order chi connectivity index (χ0) is 11.4. The highest BCUT2D eigenvalue weighted by molar-refractivity contribution is 9.08. The van der Waals surface area contributed by atoms with Gasteiger partial charge in [0.05, 0.1) is 5.69 Å². The Hall–Kier alpha value is -1.09. The molecule has 0 fully saturated rings. The maximum absolute atomic E-state index is 5.37. The second-order valence-electron chi connectivity index (χ2n) is 3.84. The lowest BCUT2D eigenvalue weighted by molar-refractivity contribution is 0.501. The van der Waals surface area contributed by atoms with Crippen LogP contribution in [0.15, 0.2) is 35.1 Å². The first-order valence-corrected chi connectivity index (χ1v) is 6.44. The van der Waals surface area contributed by atoms with Gasteiger partial charge in [-0.05, 0) is 18.9 Å². The van der Waals surface area contributed by atoms with E-state index < -0.39 is 0 Å². The molecule has 0 aliphatic carbocycles. The van der Waals surface area contributed by atoms with Crippen molar-refractivity contribution in [3.63, 3.8) is 0 Å². The summed E-state index contributed by atoms with van der Waals surface area (Å²) in [5.74, 6) is 0.985. The third-order valence-corrected chi connectivity index (χ3v) is 3.11. The number of hydrogen-bond acceptors (Lipinski definition) is 2. The number of oxazole rings is 1. The van der Waals surface area contributed by atoms with Crippen LogP contribution in [0.1, 0.15) is 22.6 Å². The first-order valence-electron chi connectivity index (χ1n) is 5.32. The van der Waals surface area contributed by atoms with E-state index in [2.05, 4.69) is 52.1 Å². The zero-order valence-corrected chi connectivity index (χ0v) is 10.8. The van der Waals surface area contributed by atoms with Gasteiger partial charge in [0.1, 0.15) is 5.76 Å². The molecule has 1 aromatic heterocycles. The Kier molecular flexibility index (Phi) is 3.78. The highest BCUT2D eigenvalue weighted by Gasteiger charge is 2.06. The molecule has 0 bridgehead atoms. The summed E-state index contributed by atoms with van der Waals surface area (Å²) >= 11 is 3.40. The van der Waals surface area contributed by atoms with Crippen molar-refractivity contribution in [2.75, 3.05) is 0 Å². The molecule has 1 heterocycles. The number of alkyl halides is 1. The van der Waals surface area contributed by atoms with Crippen molar-refractivity contribution < 1.29 is 4.42 Å². The van der Waals surface area contributed by atoms with Crippen LogP contribution < -0.4 is 0 Å². The molecular formula is C13H14BrNO. The van der Waals surface area contributed by atoms with Crippen molar-refractivity contribution in [2.45, 2.75) is 25.1 Å². The standard InChI is InChI=1S/C13H14BrNO/c1-10-3-2-4-11(7-10)5-6-13-12(8-14)15-9-16-13/h2-4,7,9H,5-6,8H2,1H3. The quantitative estimate of drug-likeness (QED) is 0.799. The Morgan fingerprint density at radius 2 is 2.19 bits per heavy atom. The highest BCUT2D eigenvalue weighted by atomic mass is 79.9. The third-order valence-electron chi connectivity index (χ3n) is 2.58. The Labute approximate surface area is 104 Å². The van der Waals surface area contributed by atoms with E-state index >= 15 is 0 Å². The first kappa shape index (κ1) is 11.4. The number of benzene rings is 1. The van der Waals surface area contributed by atoms with E-state index in [-0.39, 0.29) is 0 Å². The minimum atomic E-state index is 0.757. The number of hydrogen-bond donors (Lipinski definition) is 0. The number of halogens is 1. The lowest BCUT2D eigenvalue weighted by Gasteiger charge is -2.01. The molecule has 0 unspecified atom stereocenters. The fourth-order valence-corrected chi connectivity index (χ4v) is 2.19. The summed E-state index contributed by atoms with van der Waals surface area (Å²) in [5, 5.41) is 0.757.